The standard InChI is InChI=1S/C15H15Cl2N3OS/c1-8(10-3-5-12(16)13(17)7-10)11(4-6-14(19)21)15(22)20-9(2)18/h3-7H,2,18H2,1H3,(H2,19,21)(H,20,22)/b6-4+,11-8+. The number of carbonyl (C=O) groups is 1. The van der Waals surface area contributed by atoms with Crippen LogP contribution in [0.4, 0.5) is 0 Å². The van der Waals surface area contributed by atoms with E-state index >= 15 is 0 Å². The summed E-state index contributed by atoms with van der Waals surface area (Å²) in [6, 6.07) is 5.18. The molecule has 0 aliphatic rings. The maximum Gasteiger partial charge on any atom is 0.241 e. The molecule has 0 aliphatic carbocycles. The third kappa shape index (κ3) is 5.18. The van der Waals surface area contributed by atoms with Gasteiger partial charge in [-0.2, -0.15) is 0 Å². The van der Waals surface area contributed by atoms with Gasteiger partial charge in [-0.1, -0.05) is 48.1 Å². The van der Waals surface area contributed by atoms with Gasteiger partial charge in [0, 0.05) is 11.6 Å². The fourth-order valence-electron chi connectivity index (χ4n) is 1.63. The molecular weight excluding hydrogens is 341 g/mol. The first kappa shape index (κ1) is 18.2. The molecule has 0 atom stereocenters. The molecule has 0 unspecified atom stereocenters. The number of halogens is 2. The van der Waals surface area contributed by atoms with E-state index in [-0.39, 0.29) is 5.82 Å². The first-order valence-corrected chi connectivity index (χ1v) is 7.28. The highest BCUT2D eigenvalue weighted by Gasteiger charge is 2.10. The summed E-state index contributed by atoms with van der Waals surface area (Å²) in [4.78, 5) is 11.3. The Morgan fingerprint density at radius 3 is 2.41 bits per heavy atom. The van der Waals surface area contributed by atoms with Crippen LogP contribution in [0.2, 0.25) is 10.0 Å². The molecule has 1 aromatic carbocycles. The van der Waals surface area contributed by atoms with Crippen molar-refractivity contribution in [2.45, 2.75) is 6.92 Å². The number of amides is 1. The Balaban J connectivity index is 3.37. The van der Waals surface area contributed by atoms with E-state index in [9.17, 15) is 4.79 Å². The van der Waals surface area contributed by atoms with Crippen molar-refractivity contribution < 1.29 is 4.79 Å². The van der Waals surface area contributed by atoms with Gasteiger partial charge in [0.15, 0.2) is 0 Å². The second-order valence-corrected chi connectivity index (χ2v) is 5.61. The number of primary amides is 1. The molecule has 1 aromatic rings. The molecule has 0 saturated heterocycles. The zero-order valence-electron chi connectivity index (χ0n) is 11.8. The van der Waals surface area contributed by atoms with Crippen LogP contribution in [-0.4, -0.2) is 10.9 Å². The van der Waals surface area contributed by atoms with Gasteiger partial charge in [-0.25, -0.2) is 0 Å². The number of thiocarbonyl (C=S) groups is 1. The minimum atomic E-state index is -0.589. The van der Waals surface area contributed by atoms with Crippen molar-refractivity contribution in [1.82, 2.24) is 5.32 Å². The van der Waals surface area contributed by atoms with Crippen LogP contribution in [0.15, 0.2) is 48.3 Å². The van der Waals surface area contributed by atoms with Crippen molar-refractivity contribution in [3.05, 3.63) is 63.9 Å². The molecule has 0 aliphatic heterocycles. The van der Waals surface area contributed by atoms with Gasteiger partial charge in [-0.3, -0.25) is 4.79 Å². The molecule has 1 amide bonds. The van der Waals surface area contributed by atoms with E-state index in [2.05, 4.69) is 11.9 Å². The maximum absolute atomic E-state index is 11.0. The molecule has 0 aromatic heterocycles. The zero-order valence-corrected chi connectivity index (χ0v) is 14.1. The summed E-state index contributed by atoms with van der Waals surface area (Å²) in [6.07, 6.45) is 2.72. The first-order chi connectivity index (χ1) is 10.2. The normalized spacial score (nSPS) is 12.0. The minimum Gasteiger partial charge on any atom is -0.386 e. The summed E-state index contributed by atoms with van der Waals surface area (Å²) in [6.45, 7) is 5.36. The number of allylic oxidation sites excluding steroid dienone is 1. The van der Waals surface area contributed by atoms with E-state index in [1.807, 2.05) is 6.92 Å². The third-order valence-corrected chi connectivity index (χ3v) is 3.75. The Hall–Kier alpha value is -1.82. The van der Waals surface area contributed by atoms with Crippen LogP contribution >= 0.6 is 35.4 Å². The third-order valence-electron chi connectivity index (χ3n) is 2.69. The molecule has 116 valence electrons. The number of benzene rings is 1. The van der Waals surface area contributed by atoms with Gasteiger partial charge in [0.1, 0.15) is 4.99 Å². The molecular formula is C15H15Cl2N3OS. The first-order valence-electron chi connectivity index (χ1n) is 6.12. The number of nitrogens with one attached hydrogen (secondary N) is 1. The van der Waals surface area contributed by atoms with E-state index in [1.54, 1.807) is 18.2 Å². The largest absolute Gasteiger partial charge is 0.386 e. The highest BCUT2D eigenvalue weighted by atomic mass is 35.5. The second kappa shape index (κ2) is 7.98. The summed E-state index contributed by atoms with van der Waals surface area (Å²) in [5, 5.41) is 3.60. The van der Waals surface area contributed by atoms with Gasteiger partial charge in [-0.05, 0) is 36.3 Å². The molecule has 0 bridgehead atoms. The Labute approximate surface area is 144 Å². The lowest BCUT2D eigenvalue weighted by atomic mass is 10.0. The molecule has 0 saturated carbocycles. The minimum absolute atomic E-state index is 0.192. The molecule has 22 heavy (non-hydrogen) atoms. The fourth-order valence-corrected chi connectivity index (χ4v) is 2.28. The van der Waals surface area contributed by atoms with Crippen LogP contribution in [0.5, 0.6) is 0 Å². The number of hydrogen-bond donors (Lipinski definition) is 3. The second-order valence-electron chi connectivity index (χ2n) is 4.38. The monoisotopic (exact) mass is 355 g/mol. The predicted octanol–water partition coefficient (Wildman–Crippen LogP) is 3.16. The lowest BCUT2D eigenvalue weighted by Crippen LogP contribution is -2.26. The van der Waals surface area contributed by atoms with Gasteiger partial charge in [-0.15, -0.1) is 0 Å². The summed E-state index contributed by atoms with van der Waals surface area (Å²) < 4.78 is 0. The topological polar surface area (TPSA) is 81.1 Å². The van der Waals surface area contributed by atoms with Crippen molar-refractivity contribution in [2.75, 3.05) is 0 Å². The summed E-state index contributed by atoms with van der Waals surface area (Å²) >= 11 is 17.2. The van der Waals surface area contributed by atoms with Crippen molar-refractivity contribution in [1.29, 1.82) is 0 Å². The Morgan fingerprint density at radius 1 is 1.27 bits per heavy atom. The quantitative estimate of drug-likeness (QED) is 0.430. The number of carbonyl (C=O) groups excluding carboxylic acids is 1. The van der Waals surface area contributed by atoms with Gasteiger partial charge in [0.05, 0.1) is 15.9 Å². The van der Waals surface area contributed by atoms with E-state index in [1.165, 1.54) is 12.2 Å². The number of hydrogen-bond acceptors (Lipinski definition) is 3. The average molecular weight is 356 g/mol. The molecule has 0 heterocycles. The summed E-state index contributed by atoms with van der Waals surface area (Å²) in [5.74, 6) is -0.397. The van der Waals surface area contributed by atoms with Crippen molar-refractivity contribution in [3.8, 4) is 0 Å². The highest BCUT2D eigenvalue weighted by molar-refractivity contribution is 7.80. The van der Waals surface area contributed by atoms with Crippen LogP contribution in [0, 0.1) is 0 Å². The molecule has 0 radical (unpaired) electrons. The van der Waals surface area contributed by atoms with E-state index in [0.29, 0.717) is 20.6 Å². The fraction of sp³-hybridized carbons (Fsp3) is 0.0667. The average Bonchev–Trinajstić information content (AvgIpc) is 2.40. The van der Waals surface area contributed by atoms with Crippen LogP contribution < -0.4 is 16.8 Å². The van der Waals surface area contributed by atoms with E-state index < -0.39 is 5.91 Å². The summed E-state index contributed by atoms with van der Waals surface area (Å²) in [5.41, 5.74) is 12.8. The van der Waals surface area contributed by atoms with Crippen molar-refractivity contribution in [2.24, 2.45) is 11.5 Å². The molecule has 5 N–H and O–H groups in total. The highest BCUT2D eigenvalue weighted by Crippen LogP contribution is 2.28. The van der Waals surface area contributed by atoms with E-state index in [4.69, 9.17) is 46.9 Å². The zero-order chi connectivity index (χ0) is 16.9. The van der Waals surface area contributed by atoms with Gasteiger partial charge < -0.3 is 16.8 Å². The molecule has 7 heteroatoms. The SMILES string of the molecule is C=C(N)NC(=S)C(/C=C/C(N)=O)=C(\C)c1ccc(Cl)c(Cl)c1. The van der Waals surface area contributed by atoms with Crippen molar-refractivity contribution >= 4 is 51.9 Å². The predicted molar refractivity (Wildman–Crippen MR) is 96.5 cm³/mol. The smallest absolute Gasteiger partial charge is 0.241 e. The Kier molecular flexibility index (Phi) is 6.61. The number of rotatable bonds is 5. The Morgan fingerprint density at radius 2 is 1.91 bits per heavy atom. The molecule has 4 nitrogen and oxygen atoms in total. The van der Waals surface area contributed by atoms with Crippen molar-refractivity contribution in [3.63, 3.8) is 0 Å². The molecule has 1 rings (SSSR count). The van der Waals surface area contributed by atoms with Crippen LogP contribution in [0.1, 0.15) is 12.5 Å². The van der Waals surface area contributed by atoms with Crippen LogP contribution in [0.3, 0.4) is 0 Å². The van der Waals surface area contributed by atoms with Crippen LogP contribution in [-0.2, 0) is 4.79 Å². The molecule has 0 fully saturated rings. The number of nitrogens with two attached hydrogens (primary N) is 2. The van der Waals surface area contributed by atoms with Crippen LogP contribution in [0.25, 0.3) is 5.57 Å². The lowest BCUT2D eigenvalue weighted by molar-refractivity contribution is -0.113. The Bertz CT molecular complexity index is 696. The maximum atomic E-state index is 11.0. The molecule has 0 spiro atoms. The van der Waals surface area contributed by atoms with Gasteiger partial charge in [0.25, 0.3) is 0 Å². The lowest BCUT2D eigenvalue weighted by Gasteiger charge is -2.13. The van der Waals surface area contributed by atoms with E-state index in [0.717, 1.165) is 11.1 Å². The summed E-state index contributed by atoms with van der Waals surface area (Å²) in [7, 11) is 0. The van der Waals surface area contributed by atoms with Gasteiger partial charge in [0.2, 0.25) is 5.91 Å². The van der Waals surface area contributed by atoms with Gasteiger partial charge >= 0.3 is 0 Å².